The predicted molar refractivity (Wildman–Crippen MR) is 124 cm³/mol. The van der Waals surface area contributed by atoms with Gasteiger partial charge in [-0.3, -0.25) is 4.79 Å². The zero-order valence-electron chi connectivity index (χ0n) is 20.2. The Morgan fingerprint density at radius 2 is 1.25 bits per heavy atom. The molecule has 168 valence electrons. The summed E-state index contributed by atoms with van der Waals surface area (Å²) in [6.07, 6.45) is 19.5. The Balaban J connectivity index is 3.35. The Bertz CT molecular complexity index is 356. The van der Waals surface area contributed by atoms with E-state index in [1.807, 2.05) is 0 Å². The molecule has 0 fully saturated rings. The number of hydrogen-bond acceptors (Lipinski definition) is 1. The number of nitrogens with one attached hydrogen (secondary N) is 1. The van der Waals surface area contributed by atoms with E-state index >= 15 is 0 Å². The van der Waals surface area contributed by atoms with Gasteiger partial charge in [-0.1, -0.05) is 97.8 Å². The lowest BCUT2D eigenvalue weighted by Gasteiger charge is -2.33. The molecule has 1 atom stereocenters. The first-order chi connectivity index (χ1) is 13.4. The van der Waals surface area contributed by atoms with Crippen molar-refractivity contribution in [3.8, 4) is 0 Å². The van der Waals surface area contributed by atoms with E-state index in [1.54, 1.807) is 0 Å². The van der Waals surface area contributed by atoms with E-state index in [1.165, 1.54) is 83.5 Å². The summed E-state index contributed by atoms with van der Waals surface area (Å²) in [4.78, 5) is 12.0. The fourth-order valence-electron chi connectivity index (χ4n) is 3.86. The molecule has 0 aromatic rings. The average Bonchev–Trinajstić information content (AvgIpc) is 2.66. The third-order valence-electron chi connectivity index (χ3n) is 6.12. The van der Waals surface area contributed by atoms with Crippen LogP contribution in [0.3, 0.4) is 0 Å². The molecule has 0 heterocycles. The molecule has 3 heteroatoms. The number of quaternary nitrogens is 1. The van der Waals surface area contributed by atoms with Gasteiger partial charge in [-0.2, -0.15) is 0 Å². The Morgan fingerprint density at radius 1 is 0.786 bits per heavy atom. The molecule has 0 rings (SSSR count). The minimum Gasteiger partial charge on any atom is -0.309 e. The van der Waals surface area contributed by atoms with Crippen molar-refractivity contribution in [3.05, 3.63) is 0 Å². The summed E-state index contributed by atoms with van der Waals surface area (Å²) in [6, 6.07) is 0. The third kappa shape index (κ3) is 17.5. The van der Waals surface area contributed by atoms with E-state index in [-0.39, 0.29) is 5.91 Å². The number of unbranched alkanes of at least 4 members (excludes halogenated alkanes) is 11. The number of carbonyl (C=O) groups excluding carboxylic acids is 1. The van der Waals surface area contributed by atoms with Crippen LogP contribution < -0.4 is 5.32 Å². The summed E-state index contributed by atoms with van der Waals surface area (Å²) >= 11 is 0. The van der Waals surface area contributed by atoms with Crippen LogP contribution in [-0.4, -0.2) is 37.2 Å². The van der Waals surface area contributed by atoms with E-state index in [2.05, 4.69) is 40.1 Å². The summed E-state index contributed by atoms with van der Waals surface area (Å²) in [6.45, 7) is 12.1. The fraction of sp³-hybridized carbons (Fsp3) is 0.960. The summed E-state index contributed by atoms with van der Waals surface area (Å²) in [5, 5.41) is 3.14. The van der Waals surface area contributed by atoms with Gasteiger partial charge in [0, 0.05) is 6.42 Å². The van der Waals surface area contributed by atoms with Gasteiger partial charge in [0.1, 0.15) is 0 Å². The van der Waals surface area contributed by atoms with Crippen LogP contribution in [0.4, 0.5) is 0 Å². The largest absolute Gasteiger partial charge is 0.309 e. The number of amides is 1. The van der Waals surface area contributed by atoms with Gasteiger partial charge in [-0.05, 0) is 25.7 Å². The highest BCUT2D eigenvalue weighted by atomic mass is 16.1. The molecule has 1 N–H and O–H groups in total. The Labute approximate surface area is 177 Å². The van der Waals surface area contributed by atoms with Gasteiger partial charge >= 0.3 is 0 Å². The molecule has 0 bridgehead atoms. The standard InChI is InChI=1S/C25H52N2O/c1-6-22-27(5,7-2)23-26-25(28)21-19-17-15-13-11-9-8-10-12-14-16-18-20-24(3)4/h24H,6-23H2,1-5H3/p+1. The van der Waals surface area contributed by atoms with E-state index < -0.39 is 0 Å². The maximum atomic E-state index is 12.0. The van der Waals surface area contributed by atoms with Crippen molar-refractivity contribution < 1.29 is 9.28 Å². The molecular weight excluding hydrogens is 344 g/mol. The first-order valence-corrected chi connectivity index (χ1v) is 12.5. The Hall–Kier alpha value is -0.570. The van der Waals surface area contributed by atoms with Crippen molar-refractivity contribution in [3.63, 3.8) is 0 Å². The van der Waals surface area contributed by atoms with Gasteiger partial charge in [-0.25, -0.2) is 0 Å². The molecule has 0 aromatic heterocycles. The summed E-state index contributed by atoms with van der Waals surface area (Å²) in [5.41, 5.74) is 0. The van der Waals surface area contributed by atoms with Gasteiger partial charge in [0.05, 0.1) is 20.1 Å². The van der Waals surface area contributed by atoms with Crippen molar-refractivity contribution in [2.24, 2.45) is 5.92 Å². The highest BCUT2D eigenvalue weighted by molar-refractivity contribution is 5.75. The highest BCUT2D eigenvalue weighted by Crippen LogP contribution is 2.14. The topological polar surface area (TPSA) is 29.1 Å². The first kappa shape index (κ1) is 27.4. The average molecular weight is 398 g/mol. The van der Waals surface area contributed by atoms with E-state index in [9.17, 15) is 4.79 Å². The lowest BCUT2D eigenvalue weighted by Crippen LogP contribution is -2.51. The van der Waals surface area contributed by atoms with Crippen molar-refractivity contribution in [1.29, 1.82) is 0 Å². The maximum absolute atomic E-state index is 12.0. The molecule has 0 spiro atoms. The number of nitrogens with zero attached hydrogens (tertiary/aromatic N) is 1. The van der Waals surface area contributed by atoms with Crippen molar-refractivity contribution >= 4 is 5.91 Å². The quantitative estimate of drug-likeness (QED) is 0.133. The number of hydrogen-bond donors (Lipinski definition) is 1. The second kappa shape index (κ2) is 18.5. The SMILES string of the molecule is CCC[N+](C)(CC)CNC(=O)CCCCCCCCCCCCCCC(C)C. The molecular formula is C25H53N2O+. The van der Waals surface area contributed by atoms with Gasteiger partial charge in [0.2, 0.25) is 5.91 Å². The molecule has 0 aliphatic rings. The van der Waals surface area contributed by atoms with Crippen molar-refractivity contribution in [2.45, 2.75) is 124 Å². The van der Waals surface area contributed by atoms with Crippen molar-refractivity contribution in [2.75, 3.05) is 26.8 Å². The zero-order chi connectivity index (χ0) is 21.1. The monoisotopic (exact) mass is 397 g/mol. The van der Waals surface area contributed by atoms with E-state index in [0.717, 1.165) is 36.6 Å². The molecule has 0 aromatic carbocycles. The van der Waals surface area contributed by atoms with E-state index in [4.69, 9.17) is 0 Å². The molecule has 1 unspecified atom stereocenters. The fourth-order valence-corrected chi connectivity index (χ4v) is 3.86. The molecule has 0 saturated heterocycles. The van der Waals surface area contributed by atoms with Crippen LogP contribution in [0.2, 0.25) is 0 Å². The van der Waals surface area contributed by atoms with Gasteiger partial charge in [0.15, 0.2) is 6.67 Å². The summed E-state index contributed by atoms with van der Waals surface area (Å²) in [7, 11) is 2.23. The Kier molecular flexibility index (Phi) is 18.1. The van der Waals surface area contributed by atoms with E-state index in [0.29, 0.717) is 6.42 Å². The maximum Gasteiger partial charge on any atom is 0.224 e. The Morgan fingerprint density at radius 3 is 1.68 bits per heavy atom. The normalized spacial score (nSPS) is 13.6. The highest BCUT2D eigenvalue weighted by Gasteiger charge is 2.18. The lowest BCUT2D eigenvalue weighted by molar-refractivity contribution is -0.909. The molecule has 0 aliphatic heterocycles. The van der Waals surface area contributed by atoms with Crippen LogP contribution in [0.25, 0.3) is 0 Å². The van der Waals surface area contributed by atoms with Crippen LogP contribution in [-0.2, 0) is 4.79 Å². The first-order valence-electron chi connectivity index (χ1n) is 12.5. The second-order valence-electron chi connectivity index (χ2n) is 9.59. The molecule has 3 nitrogen and oxygen atoms in total. The number of rotatable bonds is 20. The van der Waals surface area contributed by atoms with Gasteiger partial charge in [-0.15, -0.1) is 0 Å². The van der Waals surface area contributed by atoms with Gasteiger partial charge in [0.25, 0.3) is 0 Å². The molecule has 0 aliphatic carbocycles. The summed E-state index contributed by atoms with van der Waals surface area (Å²) in [5.74, 6) is 1.11. The smallest absolute Gasteiger partial charge is 0.224 e. The minimum absolute atomic E-state index is 0.238. The predicted octanol–water partition coefficient (Wildman–Crippen LogP) is 7.05. The molecule has 1 amide bonds. The lowest BCUT2D eigenvalue weighted by atomic mass is 10.0. The molecule has 0 saturated carbocycles. The van der Waals surface area contributed by atoms with Crippen LogP contribution >= 0.6 is 0 Å². The zero-order valence-corrected chi connectivity index (χ0v) is 20.2. The molecule has 0 radical (unpaired) electrons. The van der Waals surface area contributed by atoms with Crippen LogP contribution in [0, 0.1) is 5.92 Å². The van der Waals surface area contributed by atoms with Crippen LogP contribution in [0.15, 0.2) is 0 Å². The third-order valence-corrected chi connectivity index (χ3v) is 6.12. The molecule has 28 heavy (non-hydrogen) atoms. The minimum atomic E-state index is 0.238. The number of carbonyl (C=O) groups is 1. The van der Waals surface area contributed by atoms with Crippen molar-refractivity contribution in [1.82, 2.24) is 5.32 Å². The van der Waals surface area contributed by atoms with Gasteiger partial charge < -0.3 is 9.80 Å². The van der Waals surface area contributed by atoms with Crippen LogP contribution in [0.5, 0.6) is 0 Å². The van der Waals surface area contributed by atoms with Crippen LogP contribution in [0.1, 0.15) is 124 Å². The summed E-state index contributed by atoms with van der Waals surface area (Å²) < 4.78 is 0.945. The second-order valence-corrected chi connectivity index (χ2v) is 9.59.